The van der Waals surface area contributed by atoms with E-state index in [0.717, 1.165) is 5.56 Å². The van der Waals surface area contributed by atoms with Crippen LogP contribution in [0, 0.1) is 12.3 Å². The van der Waals surface area contributed by atoms with E-state index in [2.05, 4.69) is 26.6 Å². The number of nitrogen functional groups attached to an aromatic ring is 1. The summed E-state index contributed by atoms with van der Waals surface area (Å²) in [5, 5.41) is 11.3. The number of terminal acetylenes is 1. The first kappa shape index (κ1) is 12.4. The first-order valence-electron chi connectivity index (χ1n) is 5.40. The largest absolute Gasteiger partial charge is 0.481 e. The molecule has 0 amide bonds. The SMILES string of the molecule is C#CCOc1cccc(/C=N\Nc2nncn2N)c1. The van der Waals surface area contributed by atoms with Gasteiger partial charge in [0.05, 0.1) is 6.21 Å². The van der Waals surface area contributed by atoms with Crippen molar-refractivity contribution in [2.45, 2.75) is 0 Å². The summed E-state index contributed by atoms with van der Waals surface area (Å²) < 4.78 is 6.53. The highest BCUT2D eigenvalue weighted by molar-refractivity contribution is 5.80. The monoisotopic (exact) mass is 256 g/mol. The minimum Gasteiger partial charge on any atom is -0.481 e. The molecule has 0 saturated carbocycles. The Hall–Kier alpha value is -3.01. The van der Waals surface area contributed by atoms with Gasteiger partial charge in [0.1, 0.15) is 18.7 Å². The van der Waals surface area contributed by atoms with Gasteiger partial charge in [0.15, 0.2) is 0 Å². The molecule has 1 aromatic heterocycles. The minimum atomic E-state index is 0.231. The van der Waals surface area contributed by atoms with Crippen LogP contribution < -0.4 is 16.0 Å². The molecule has 0 saturated heterocycles. The predicted octanol–water partition coefficient (Wildman–Crippen LogP) is 0.450. The summed E-state index contributed by atoms with van der Waals surface area (Å²) >= 11 is 0. The highest BCUT2D eigenvalue weighted by atomic mass is 16.5. The number of anilines is 1. The first-order chi connectivity index (χ1) is 9.29. The van der Waals surface area contributed by atoms with Crippen LogP contribution >= 0.6 is 0 Å². The van der Waals surface area contributed by atoms with Crippen molar-refractivity contribution < 1.29 is 4.74 Å². The Morgan fingerprint density at radius 2 is 2.47 bits per heavy atom. The lowest BCUT2D eigenvalue weighted by molar-refractivity contribution is 0.370. The normalized spacial score (nSPS) is 10.3. The molecular weight excluding hydrogens is 244 g/mol. The van der Waals surface area contributed by atoms with Crippen LogP contribution in [0.5, 0.6) is 5.75 Å². The van der Waals surface area contributed by atoms with Crippen molar-refractivity contribution in [3.05, 3.63) is 36.2 Å². The first-order valence-corrected chi connectivity index (χ1v) is 5.40. The van der Waals surface area contributed by atoms with Gasteiger partial charge in [0.25, 0.3) is 5.95 Å². The number of benzene rings is 1. The maximum absolute atomic E-state index is 5.52. The third kappa shape index (κ3) is 3.47. The zero-order valence-electron chi connectivity index (χ0n) is 10.0. The number of aromatic nitrogens is 3. The van der Waals surface area contributed by atoms with E-state index in [-0.39, 0.29) is 6.61 Å². The van der Waals surface area contributed by atoms with E-state index in [9.17, 15) is 0 Å². The van der Waals surface area contributed by atoms with Crippen molar-refractivity contribution in [2.75, 3.05) is 17.9 Å². The van der Waals surface area contributed by atoms with E-state index in [1.807, 2.05) is 24.3 Å². The molecular formula is C12H12N6O. The number of nitrogens with two attached hydrogens (primary N) is 1. The Kier molecular flexibility index (Phi) is 3.97. The van der Waals surface area contributed by atoms with Gasteiger partial charge in [-0.3, -0.25) is 0 Å². The van der Waals surface area contributed by atoms with Gasteiger partial charge in [-0.25, -0.2) is 10.1 Å². The lowest BCUT2D eigenvalue weighted by Gasteiger charge is -2.02. The van der Waals surface area contributed by atoms with Gasteiger partial charge in [-0.05, 0) is 17.7 Å². The quantitative estimate of drug-likeness (QED) is 0.351. The van der Waals surface area contributed by atoms with Crippen LogP contribution in [-0.4, -0.2) is 27.7 Å². The van der Waals surface area contributed by atoms with Crippen LogP contribution in [0.4, 0.5) is 5.95 Å². The Morgan fingerprint density at radius 3 is 3.21 bits per heavy atom. The maximum Gasteiger partial charge on any atom is 0.263 e. The number of hydrogen-bond donors (Lipinski definition) is 2. The molecule has 0 atom stereocenters. The lowest BCUT2D eigenvalue weighted by atomic mass is 10.2. The van der Waals surface area contributed by atoms with E-state index in [0.29, 0.717) is 11.7 Å². The van der Waals surface area contributed by atoms with Crippen molar-refractivity contribution in [2.24, 2.45) is 5.10 Å². The van der Waals surface area contributed by atoms with Gasteiger partial charge in [0.2, 0.25) is 0 Å². The standard InChI is InChI=1S/C12H12N6O/c1-2-6-19-11-5-3-4-10(7-11)8-14-16-12-17-15-9-18(12)13/h1,3-5,7-9H,6,13H2,(H,16,17)/b14-8-. The van der Waals surface area contributed by atoms with E-state index in [1.165, 1.54) is 11.0 Å². The molecule has 0 spiro atoms. The molecule has 0 bridgehead atoms. The third-order valence-electron chi connectivity index (χ3n) is 2.13. The summed E-state index contributed by atoms with van der Waals surface area (Å²) in [6.07, 6.45) is 8.10. The molecule has 2 rings (SSSR count). The van der Waals surface area contributed by atoms with Gasteiger partial charge in [-0.1, -0.05) is 18.1 Å². The molecule has 1 aromatic carbocycles. The smallest absolute Gasteiger partial charge is 0.263 e. The Morgan fingerprint density at radius 1 is 1.58 bits per heavy atom. The highest BCUT2D eigenvalue weighted by Crippen LogP contribution is 2.11. The summed E-state index contributed by atoms with van der Waals surface area (Å²) in [7, 11) is 0. The molecule has 0 radical (unpaired) electrons. The van der Waals surface area contributed by atoms with Gasteiger partial charge >= 0.3 is 0 Å². The number of nitrogens with one attached hydrogen (secondary N) is 1. The van der Waals surface area contributed by atoms with E-state index in [1.54, 1.807) is 6.21 Å². The highest BCUT2D eigenvalue weighted by Gasteiger charge is 1.97. The van der Waals surface area contributed by atoms with Crippen LogP contribution in [0.25, 0.3) is 0 Å². The molecule has 19 heavy (non-hydrogen) atoms. The molecule has 0 unspecified atom stereocenters. The zero-order valence-corrected chi connectivity index (χ0v) is 10.0. The van der Waals surface area contributed by atoms with Crippen molar-refractivity contribution in [3.63, 3.8) is 0 Å². The van der Waals surface area contributed by atoms with Gasteiger partial charge in [-0.15, -0.1) is 16.6 Å². The minimum absolute atomic E-state index is 0.231. The predicted molar refractivity (Wildman–Crippen MR) is 72.2 cm³/mol. The average Bonchev–Trinajstić information content (AvgIpc) is 2.83. The van der Waals surface area contributed by atoms with Crippen LogP contribution in [0.15, 0.2) is 35.7 Å². The third-order valence-corrected chi connectivity index (χ3v) is 2.13. The zero-order chi connectivity index (χ0) is 13.5. The molecule has 7 heteroatoms. The van der Waals surface area contributed by atoms with Crippen LogP contribution in [0.1, 0.15) is 5.56 Å². The Balaban J connectivity index is 1.99. The molecule has 0 fully saturated rings. The van der Waals surface area contributed by atoms with Crippen molar-refractivity contribution in [3.8, 4) is 18.1 Å². The number of ether oxygens (including phenoxy) is 1. The topological polar surface area (TPSA) is 90.3 Å². The van der Waals surface area contributed by atoms with E-state index in [4.69, 9.17) is 17.0 Å². The van der Waals surface area contributed by atoms with Crippen molar-refractivity contribution in [1.82, 2.24) is 14.9 Å². The van der Waals surface area contributed by atoms with Crippen molar-refractivity contribution in [1.29, 1.82) is 0 Å². The van der Waals surface area contributed by atoms with E-state index >= 15 is 0 Å². The number of hydrazone groups is 1. The molecule has 96 valence electrons. The van der Waals surface area contributed by atoms with Gasteiger partial charge < -0.3 is 10.6 Å². The number of nitrogens with zero attached hydrogens (tertiary/aromatic N) is 4. The Labute approximate surface area is 110 Å². The number of rotatable bonds is 5. The molecule has 2 aromatic rings. The summed E-state index contributed by atoms with van der Waals surface area (Å²) in [6, 6.07) is 7.36. The van der Waals surface area contributed by atoms with Crippen LogP contribution in [0.2, 0.25) is 0 Å². The second kappa shape index (κ2) is 6.07. The second-order valence-corrected chi connectivity index (χ2v) is 3.50. The fraction of sp³-hybridized carbons (Fsp3) is 0.0833. The maximum atomic E-state index is 5.52. The van der Waals surface area contributed by atoms with E-state index < -0.39 is 0 Å². The Bertz CT molecular complexity index is 613. The summed E-state index contributed by atoms with van der Waals surface area (Å²) in [6.45, 7) is 0.231. The molecule has 0 aliphatic heterocycles. The fourth-order valence-corrected chi connectivity index (χ4v) is 1.30. The summed E-state index contributed by atoms with van der Waals surface area (Å²) in [4.78, 5) is 0. The number of hydrogen-bond acceptors (Lipinski definition) is 6. The van der Waals surface area contributed by atoms with Gasteiger partial charge in [-0.2, -0.15) is 5.10 Å². The summed E-state index contributed by atoms with van der Waals surface area (Å²) in [5.74, 6) is 8.95. The van der Waals surface area contributed by atoms with Crippen LogP contribution in [-0.2, 0) is 0 Å². The van der Waals surface area contributed by atoms with Gasteiger partial charge in [0, 0.05) is 0 Å². The molecule has 1 heterocycles. The fourth-order valence-electron chi connectivity index (χ4n) is 1.30. The average molecular weight is 256 g/mol. The molecule has 0 aliphatic rings. The molecule has 7 nitrogen and oxygen atoms in total. The molecule has 3 N–H and O–H groups in total. The summed E-state index contributed by atoms with van der Waals surface area (Å²) in [5.41, 5.74) is 3.52. The second-order valence-electron chi connectivity index (χ2n) is 3.50. The van der Waals surface area contributed by atoms with Crippen molar-refractivity contribution >= 4 is 12.2 Å². The molecule has 0 aliphatic carbocycles. The van der Waals surface area contributed by atoms with Crippen LogP contribution in [0.3, 0.4) is 0 Å². The lowest BCUT2D eigenvalue weighted by Crippen LogP contribution is -2.10.